The molecule has 0 atom stereocenters. The van der Waals surface area contributed by atoms with Gasteiger partial charge in [0.25, 0.3) is 5.91 Å². The predicted molar refractivity (Wildman–Crippen MR) is 81.8 cm³/mol. The number of quaternary nitrogens is 1. The van der Waals surface area contributed by atoms with Gasteiger partial charge in [0, 0.05) is 3.57 Å². The maximum atomic E-state index is 12.0. The van der Waals surface area contributed by atoms with E-state index in [-0.39, 0.29) is 5.91 Å². The number of benzene rings is 1. The Morgan fingerprint density at radius 3 is 2.72 bits per heavy atom. The van der Waals surface area contributed by atoms with Crippen molar-refractivity contribution >= 4 is 34.2 Å². The van der Waals surface area contributed by atoms with Gasteiger partial charge in [0.2, 0.25) is 0 Å². The number of para-hydroxylation sites is 1. The summed E-state index contributed by atoms with van der Waals surface area (Å²) < 4.78 is 1.09. The lowest BCUT2D eigenvalue weighted by Gasteiger charge is -2.26. The zero-order chi connectivity index (χ0) is 13.0. The maximum absolute atomic E-state index is 12.0. The van der Waals surface area contributed by atoms with Crippen molar-refractivity contribution in [1.29, 1.82) is 0 Å². The summed E-state index contributed by atoms with van der Waals surface area (Å²) in [5.41, 5.74) is 0.924. The zero-order valence-corrected chi connectivity index (χ0v) is 12.9. The van der Waals surface area contributed by atoms with E-state index in [1.54, 1.807) is 0 Å². The minimum atomic E-state index is 0.128. The third-order valence-electron chi connectivity index (χ3n) is 3.54. The highest BCUT2D eigenvalue weighted by Gasteiger charge is 2.21. The number of nitrogens with one attached hydrogen (secondary N) is 2. The Kier molecular flexibility index (Phi) is 5.00. The standard InChI is InChI=1S/C14H19IN2O/c1-11-6-8-17(9-7-11)10-14(18)16-13-5-3-2-4-12(13)15/h2-5,11H,6-10H2,1H3,(H,16,18)/p+1. The van der Waals surface area contributed by atoms with Crippen molar-refractivity contribution < 1.29 is 9.69 Å². The lowest BCUT2D eigenvalue weighted by atomic mass is 9.99. The summed E-state index contributed by atoms with van der Waals surface area (Å²) in [6.07, 6.45) is 2.48. The fourth-order valence-electron chi connectivity index (χ4n) is 2.33. The van der Waals surface area contributed by atoms with Crippen LogP contribution in [0.3, 0.4) is 0 Å². The lowest BCUT2D eigenvalue weighted by molar-refractivity contribution is -0.897. The summed E-state index contributed by atoms with van der Waals surface area (Å²) >= 11 is 2.25. The second kappa shape index (κ2) is 6.52. The third kappa shape index (κ3) is 3.95. The molecule has 1 saturated heterocycles. The number of carbonyl (C=O) groups is 1. The van der Waals surface area contributed by atoms with Gasteiger partial charge >= 0.3 is 0 Å². The Bertz CT molecular complexity index is 414. The molecule has 1 amide bonds. The van der Waals surface area contributed by atoms with Gasteiger partial charge in [-0.15, -0.1) is 0 Å². The topological polar surface area (TPSA) is 33.5 Å². The van der Waals surface area contributed by atoms with E-state index in [2.05, 4.69) is 34.8 Å². The van der Waals surface area contributed by atoms with Gasteiger partial charge < -0.3 is 10.2 Å². The first-order valence-electron chi connectivity index (χ1n) is 6.53. The van der Waals surface area contributed by atoms with Crippen LogP contribution in [0.2, 0.25) is 0 Å². The van der Waals surface area contributed by atoms with Gasteiger partial charge in [0.05, 0.1) is 18.8 Å². The molecule has 0 spiro atoms. The van der Waals surface area contributed by atoms with Crippen molar-refractivity contribution in [3.8, 4) is 0 Å². The lowest BCUT2D eigenvalue weighted by Crippen LogP contribution is -3.14. The summed E-state index contributed by atoms with van der Waals surface area (Å²) in [7, 11) is 0. The van der Waals surface area contributed by atoms with Crippen LogP contribution in [0.25, 0.3) is 0 Å². The quantitative estimate of drug-likeness (QED) is 0.789. The molecule has 2 N–H and O–H groups in total. The largest absolute Gasteiger partial charge is 0.327 e. The molecule has 2 rings (SSSR count). The number of hydrogen-bond acceptors (Lipinski definition) is 1. The predicted octanol–water partition coefficient (Wildman–Crippen LogP) is 1.54. The van der Waals surface area contributed by atoms with Gasteiger partial charge in [-0.25, -0.2) is 0 Å². The molecule has 0 aliphatic carbocycles. The molecule has 18 heavy (non-hydrogen) atoms. The van der Waals surface area contributed by atoms with Crippen LogP contribution in [0.15, 0.2) is 24.3 Å². The summed E-state index contributed by atoms with van der Waals surface area (Å²) in [6.45, 7) is 5.14. The van der Waals surface area contributed by atoms with Crippen LogP contribution >= 0.6 is 22.6 Å². The van der Waals surface area contributed by atoms with Gasteiger partial charge in [-0.05, 0) is 53.5 Å². The molecule has 0 aromatic heterocycles. The Balaban J connectivity index is 1.84. The molecule has 1 heterocycles. The van der Waals surface area contributed by atoms with Crippen molar-refractivity contribution in [1.82, 2.24) is 0 Å². The second-order valence-electron chi connectivity index (χ2n) is 5.14. The van der Waals surface area contributed by atoms with Gasteiger partial charge in [-0.3, -0.25) is 4.79 Å². The highest BCUT2D eigenvalue weighted by molar-refractivity contribution is 14.1. The van der Waals surface area contributed by atoms with E-state index < -0.39 is 0 Å². The molecule has 1 aromatic carbocycles. The smallest absolute Gasteiger partial charge is 0.279 e. The first kappa shape index (κ1) is 13.8. The number of hydrogen-bond donors (Lipinski definition) is 2. The molecular formula is C14H20IN2O+. The van der Waals surface area contributed by atoms with E-state index in [0.717, 1.165) is 28.3 Å². The van der Waals surface area contributed by atoms with Crippen molar-refractivity contribution in [2.75, 3.05) is 25.0 Å². The number of anilines is 1. The minimum absolute atomic E-state index is 0.128. The average Bonchev–Trinajstić information content (AvgIpc) is 2.35. The molecule has 0 bridgehead atoms. The molecule has 98 valence electrons. The minimum Gasteiger partial charge on any atom is -0.327 e. The maximum Gasteiger partial charge on any atom is 0.279 e. The van der Waals surface area contributed by atoms with E-state index in [1.165, 1.54) is 17.7 Å². The molecule has 0 unspecified atom stereocenters. The van der Waals surface area contributed by atoms with Gasteiger partial charge in [0.15, 0.2) is 6.54 Å². The van der Waals surface area contributed by atoms with Gasteiger partial charge in [-0.1, -0.05) is 19.1 Å². The molecule has 1 aliphatic rings. The normalized spacial score (nSPS) is 23.7. The Morgan fingerprint density at radius 2 is 2.06 bits per heavy atom. The van der Waals surface area contributed by atoms with Crippen molar-refractivity contribution in [3.05, 3.63) is 27.8 Å². The van der Waals surface area contributed by atoms with E-state index in [4.69, 9.17) is 0 Å². The van der Waals surface area contributed by atoms with E-state index in [0.29, 0.717) is 6.54 Å². The van der Waals surface area contributed by atoms with Crippen LogP contribution < -0.4 is 10.2 Å². The first-order valence-corrected chi connectivity index (χ1v) is 7.61. The number of carbonyl (C=O) groups excluding carboxylic acids is 1. The Hall–Kier alpha value is -0.620. The number of amides is 1. The second-order valence-corrected chi connectivity index (χ2v) is 6.30. The van der Waals surface area contributed by atoms with Crippen molar-refractivity contribution in [3.63, 3.8) is 0 Å². The fourth-order valence-corrected chi connectivity index (χ4v) is 2.85. The van der Waals surface area contributed by atoms with Crippen LogP contribution in [0, 0.1) is 9.49 Å². The van der Waals surface area contributed by atoms with E-state index >= 15 is 0 Å². The molecule has 0 radical (unpaired) electrons. The van der Waals surface area contributed by atoms with Crippen LogP contribution in [0.1, 0.15) is 19.8 Å². The summed E-state index contributed by atoms with van der Waals surface area (Å²) in [5.74, 6) is 0.954. The average molecular weight is 359 g/mol. The zero-order valence-electron chi connectivity index (χ0n) is 10.7. The summed E-state index contributed by atoms with van der Waals surface area (Å²) in [5, 5.41) is 3.00. The van der Waals surface area contributed by atoms with Crippen LogP contribution in [0.5, 0.6) is 0 Å². The highest BCUT2D eigenvalue weighted by atomic mass is 127. The molecule has 0 saturated carbocycles. The van der Waals surface area contributed by atoms with Crippen molar-refractivity contribution in [2.24, 2.45) is 5.92 Å². The number of likely N-dealkylation sites (tertiary alicyclic amines) is 1. The summed E-state index contributed by atoms with van der Waals surface area (Å²) in [4.78, 5) is 13.4. The van der Waals surface area contributed by atoms with E-state index in [1.807, 2.05) is 24.3 Å². The molecule has 1 aromatic rings. The van der Waals surface area contributed by atoms with Crippen molar-refractivity contribution in [2.45, 2.75) is 19.8 Å². The summed E-state index contributed by atoms with van der Waals surface area (Å²) in [6, 6.07) is 7.89. The number of halogens is 1. The molecule has 3 nitrogen and oxygen atoms in total. The molecule has 4 heteroatoms. The first-order chi connectivity index (χ1) is 8.65. The Labute approximate surface area is 122 Å². The van der Waals surface area contributed by atoms with Crippen LogP contribution in [-0.4, -0.2) is 25.5 Å². The van der Waals surface area contributed by atoms with Crippen LogP contribution in [-0.2, 0) is 4.79 Å². The number of rotatable bonds is 3. The number of piperidine rings is 1. The van der Waals surface area contributed by atoms with Crippen LogP contribution in [0.4, 0.5) is 5.69 Å². The molecule has 1 aliphatic heterocycles. The molecule has 1 fully saturated rings. The SMILES string of the molecule is CC1CC[NH+](CC(=O)Nc2ccccc2I)CC1. The Morgan fingerprint density at radius 1 is 1.39 bits per heavy atom. The van der Waals surface area contributed by atoms with E-state index in [9.17, 15) is 4.79 Å². The fraction of sp³-hybridized carbons (Fsp3) is 0.500. The van der Waals surface area contributed by atoms with Gasteiger partial charge in [-0.2, -0.15) is 0 Å². The molecular weight excluding hydrogens is 339 g/mol. The monoisotopic (exact) mass is 359 g/mol. The van der Waals surface area contributed by atoms with Gasteiger partial charge in [0.1, 0.15) is 0 Å². The third-order valence-corrected chi connectivity index (χ3v) is 4.48. The highest BCUT2D eigenvalue weighted by Crippen LogP contribution is 2.16.